The van der Waals surface area contributed by atoms with Crippen LogP contribution in [0.3, 0.4) is 0 Å². The molecular weight excluding hydrogens is 494 g/mol. The van der Waals surface area contributed by atoms with Crippen LogP contribution in [-0.4, -0.2) is 76.5 Å². The van der Waals surface area contributed by atoms with E-state index in [1.54, 1.807) is 18.2 Å². The van der Waals surface area contributed by atoms with Crippen molar-refractivity contribution in [2.75, 3.05) is 71.8 Å². The third-order valence-corrected chi connectivity index (χ3v) is 4.87. The first-order valence-corrected chi connectivity index (χ1v) is 11.2. The topological polar surface area (TPSA) is 170 Å². The number of hydroxylamine groups is 1. The number of ether oxygens (including phenoxy) is 5. The highest BCUT2D eigenvalue weighted by molar-refractivity contribution is 5.64. The van der Waals surface area contributed by atoms with Gasteiger partial charge in [0.15, 0.2) is 5.69 Å². The predicted molar refractivity (Wildman–Crippen MR) is 129 cm³/mol. The van der Waals surface area contributed by atoms with Gasteiger partial charge in [-0.1, -0.05) is 0 Å². The molecule has 200 valence electrons. The Morgan fingerprint density at radius 3 is 2.08 bits per heavy atom. The molecule has 1 fully saturated rings. The molecule has 0 unspecified atom stereocenters. The van der Waals surface area contributed by atoms with Crippen molar-refractivity contribution in [1.29, 1.82) is 0 Å². The fraction of sp³-hybridized carbons (Fsp3) is 0.455. The summed E-state index contributed by atoms with van der Waals surface area (Å²) in [4.78, 5) is 26.6. The highest BCUT2D eigenvalue weighted by Gasteiger charge is 2.20. The molecule has 0 aromatic heterocycles. The number of benzene rings is 2. The van der Waals surface area contributed by atoms with Crippen molar-refractivity contribution in [2.24, 2.45) is 10.2 Å². The van der Waals surface area contributed by atoms with Gasteiger partial charge in [-0.25, -0.2) is 5.06 Å². The fourth-order valence-corrected chi connectivity index (χ4v) is 3.09. The average molecular weight is 521 g/mol. The van der Waals surface area contributed by atoms with Crippen molar-refractivity contribution in [3.63, 3.8) is 0 Å². The van der Waals surface area contributed by atoms with Crippen LogP contribution in [0, 0.1) is 20.2 Å². The number of nitro groups is 2. The molecule has 2 aromatic rings. The second-order valence-corrected chi connectivity index (χ2v) is 7.33. The first-order chi connectivity index (χ1) is 18.0. The van der Waals surface area contributed by atoms with E-state index in [1.165, 1.54) is 12.2 Å². The summed E-state index contributed by atoms with van der Waals surface area (Å²) >= 11 is 0. The molecule has 3 rings (SSSR count). The van der Waals surface area contributed by atoms with Crippen LogP contribution in [0.15, 0.2) is 46.6 Å². The Bertz CT molecular complexity index is 1070. The number of non-ortho nitro benzene ring substituents is 1. The van der Waals surface area contributed by atoms with Crippen LogP contribution in [0.4, 0.5) is 28.4 Å². The van der Waals surface area contributed by atoms with Gasteiger partial charge in [0, 0.05) is 12.1 Å². The standard InChI is InChI=1S/C22H27N5O10/c1-32-22-14-17(23-24-19-4-3-18(26(28)29)15-21(19)27(30)31)2-5-20(22)25-16-36-11-10-34-7-6-33-8-9-35-12-13-37-25/h2-5,14-15H,6-13,16H2,1H3. The van der Waals surface area contributed by atoms with Crippen LogP contribution in [0.2, 0.25) is 0 Å². The molecule has 15 heteroatoms. The number of nitro benzene ring substituents is 2. The minimum Gasteiger partial charge on any atom is -0.494 e. The van der Waals surface area contributed by atoms with Crippen LogP contribution < -0.4 is 9.80 Å². The summed E-state index contributed by atoms with van der Waals surface area (Å²) in [6.07, 6.45) is 0. The molecule has 1 heterocycles. The zero-order valence-electron chi connectivity index (χ0n) is 20.1. The number of hydrogen-bond acceptors (Lipinski definition) is 13. The Kier molecular flexibility index (Phi) is 11.1. The maximum atomic E-state index is 11.3. The van der Waals surface area contributed by atoms with E-state index in [-0.39, 0.29) is 19.0 Å². The first kappa shape index (κ1) is 27.8. The van der Waals surface area contributed by atoms with Gasteiger partial charge in [-0.3, -0.25) is 25.1 Å². The molecule has 0 spiro atoms. The molecule has 0 bridgehead atoms. The third kappa shape index (κ3) is 8.69. The van der Waals surface area contributed by atoms with E-state index in [2.05, 4.69) is 10.2 Å². The molecule has 1 aliphatic heterocycles. The third-order valence-electron chi connectivity index (χ3n) is 4.87. The zero-order chi connectivity index (χ0) is 26.5. The Morgan fingerprint density at radius 2 is 1.46 bits per heavy atom. The van der Waals surface area contributed by atoms with Crippen LogP contribution in [0.5, 0.6) is 5.75 Å². The monoisotopic (exact) mass is 521 g/mol. The van der Waals surface area contributed by atoms with Crippen molar-refractivity contribution in [2.45, 2.75) is 0 Å². The lowest BCUT2D eigenvalue weighted by molar-refractivity contribution is -0.393. The molecular formula is C22H27N5O10. The Morgan fingerprint density at radius 1 is 0.811 bits per heavy atom. The SMILES string of the molecule is COc1cc(N=Nc2ccc([N+](=O)[O-])cc2[N+](=O)[O-])ccc1N1COCCOCCOCCOCCO1. The number of rotatable bonds is 6. The van der Waals surface area contributed by atoms with Crippen LogP contribution in [0.1, 0.15) is 0 Å². The first-order valence-electron chi connectivity index (χ1n) is 11.2. The number of azo groups is 1. The van der Waals surface area contributed by atoms with E-state index in [1.807, 2.05) is 0 Å². The molecule has 0 saturated carbocycles. The summed E-state index contributed by atoms with van der Waals surface area (Å²) in [6.45, 7) is 3.18. The maximum absolute atomic E-state index is 11.3. The van der Waals surface area contributed by atoms with Gasteiger partial charge >= 0.3 is 5.69 Å². The molecule has 0 aliphatic carbocycles. The van der Waals surface area contributed by atoms with Gasteiger partial charge in [0.05, 0.1) is 81.6 Å². The lowest BCUT2D eigenvalue weighted by Crippen LogP contribution is -2.29. The largest absolute Gasteiger partial charge is 0.494 e. The van der Waals surface area contributed by atoms with Crippen LogP contribution >= 0.6 is 0 Å². The minimum absolute atomic E-state index is 0.0755. The summed E-state index contributed by atoms with van der Waals surface area (Å²) in [6, 6.07) is 7.95. The smallest absolute Gasteiger partial charge is 0.303 e. The lowest BCUT2D eigenvalue weighted by Gasteiger charge is -2.25. The van der Waals surface area contributed by atoms with E-state index in [4.69, 9.17) is 28.5 Å². The molecule has 1 saturated heterocycles. The molecule has 0 amide bonds. The van der Waals surface area contributed by atoms with Crippen molar-refractivity contribution in [1.82, 2.24) is 0 Å². The van der Waals surface area contributed by atoms with E-state index in [0.29, 0.717) is 63.4 Å². The molecule has 0 N–H and O–H groups in total. The van der Waals surface area contributed by atoms with Crippen LogP contribution in [0.25, 0.3) is 0 Å². The summed E-state index contributed by atoms with van der Waals surface area (Å²) < 4.78 is 27.5. The van der Waals surface area contributed by atoms with Crippen molar-refractivity contribution < 1.29 is 38.4 Å². The second kappa shape index (κ2) is 14.7. The van der Waals surface area contributed by atoms with E-state index in [9.17, 15) is 20.2 Å². The highest BCUT2D eigenvalue weighted by atomic mass is 16.7. The summed E-state index contributed by atoms with van der Waals surface area (Å²) in [5.74, 6) is 0.377. The molecule has 0 radical (unpaired) electrons. The maximum Gasteiger partial charge on any atom is 0.303 e. The summed E-state index contributed by atoms with van der Waals surface area (Å²) in [5.41, 5.74) is -0.224. The second-order valence-electron chi connectivity index (χ2n) is 7.33. The van der Waals surface area contributed by atoms with Gasteiger partial charge < -0.3 is 23.7 Å². The van der Waals surface area contributed by atoms with Gasteiger partial charge in [-0.2, -0.15) is 5.11 Å². The van der Waals surface area contributed by atoms with Gasteiger partial charge in [0.1, 0.15) is 18.2 Å². The molecule has 2 aromatic carbocycles. The molecule has 1 aliphatic rings. The minimum atomic E-state index is -0.757. The van der Waals surface area contributed by atoms with Crippen molar-refractivity contribution in [3.8, 4) is 5.75 Å². The zero-order valence-corrected chi connectivity index (χ0v) is 20.1. The van der Waals surface area contributed by atoms with Gasteiger partial charge in [0.2, 0.25) is 0 Å². The van der Waals surface area contributed by atoms with Gasteiger partial charge in [0.25, 0.3) is 5.69 Å². The summed E-state index contributed by atoms with van der Waals surface area (Å²) in [5, 5.41) is 31.7. The number of methoxy groups -OCH3 is 1. The Hall–Kier alpha value is -3.76. The van der Waals surface area contributed by atoms with Crippen LogP contribution in [-0.2, 0) is 23.8 Å². The van der Waals surface area contributed by atoms with Gasteiger partial charge in [-0.05, 0) is 18.2 Å². The molecule has 0 atom stereocenters. The average Bonchev–Trinajstić information content (AvgIpc) is 2.91. The summed E-state index contributed by atoms with van der Waals surface area (Å²) in [7, 11) is 1.46. The molecule has 37 heavy (non-hydrogen) atoms. The van der Waals surface area contributed by atoms with E-state index in [0.717, 1.165) is 18.2 Å². The number of anilines is 1. The highest BCUT2D eigenvalue weighted by Crippen LogP contribution is 2.35. The van der Waals surface area contributed by atoms with Crippen molar-refractivity contribution in [3.05, 3.63) is 56.6 Å². The Balaban J connectivity index is 1.76. The van der Waals surface area contributed by atoms with Gasteiger partial charge in [-0.15, -0.1) is 5.11 Å². The molecule has 15 nitrogen and oxygen atoms in total. The van der Waals surface area contributed by atoms with E-state index < -0.39 is 21.2 Å². The van der Waals surface area contributed by atoms with Crippen molar-refractivity contribution >= 4 is 28.4 Å². The fourth-order valence-electron chi connectivity index (χ4n) is 3.09. The number of hydrogen-bond donors (Lipinski definition) is 0. The predicted octanol–water partition coefficient (Wildman–Crippen LogP) is 3.70. The Labute approximate surface area is 211 Å². The normalized spacial score (nSPS) is 16.6. The lowest BCUT2D eigenvalue weighted by atomic mass is 10.2. The van der Waals surface area contributed by atoms with E-state index >= 15 is 0 Å². The number of nitrogens with zero attached hydrogens (tertiary/aromatic N) is 5. The quantitative estimate of drug-likeness (QED) is 0.308.